The molecule has 0 spiro atoms. The standard InChI is InChI=1S/C51H100O2/c1-3-5-6-7-8-9-10-11-12-13-14-15-16-17-18-19-20-21-22-23-24-25-26-27-28-29-30-31-32-33-34-35-36-37-38-39-40-41-42-43-44-45-46-47-48-49-50-51(52)53-4-2/h4H,2-3,5-50H2,1H3. The molecule has 0 bridgehead atoms. The Hall–Kier alpha value is -0.790. The molecule has 316 valence electrons. The minimum absolute atomic E-state index is 0.141. The molecule has 0 aromatic rings. The molecular formula is C51H100O2. The largest absolute Gasteiger partial charge is 0.435 e. The van der Waals surface area contributed by atoms with Gasteiger partial charge in [-0.15, -0.1) is 0 Å². The van der Waals surface area contributed by atoms with Crippen LogP contribution in [0.25, 0.3) is 0 Å². The predicted molar refractivity (Wildman–Crippen MR) is 239 cm³/mol. The number of hydrogen-bond acceptors (Lipinski definition) is 2. The first-order valence-electron chi connectivity index (χ1n) is 25.1. The fraction of sp³-hybridized carbons (Fsp3) is 0.941. The van der Waals surface area contributed by atoms with Crippen LogP contribution in [0.2, 0.25) is 0 Å². The van der Waals surface area contributed by atoms with Gasteiger partial charge in [-0.3, -0.25) is 4.79 Å². The van der Waals surface area contributed by atoms with Gasteiger partial charge in [0.15, 0.2) is 0 Å². The Morgan fingerprint density at radius 2 is 0.453 bits per heavy atom. The molecule has 0 aliphatic carbocycles. The summed E-state index contributed by atoms with van der Waals surface area (Å²) in [6.45, 7) is 5.73. The van der Waals surface area contributed by atoms with Crippen molar-refractivity contribution in [2.45, 2.75) is 309 Å². The van der Waals surface area contributed by atoms with Crippen molar-refractivity contribution in [3.05, 3.63) is 12.8 Å². The number of carbonyl (C=O) groups excluding carboxylic acids is 1. The molecule has 0 heterocycles. The van der Waals surface area contributed by atoms with Crippen molar-refractivity contribution in [1.82, 2.24) is 0 Å². The van der Waals surface area contributed by atoms with Crippen LogP contribution >= 0.6 is 0 Å². The monoisotopic (exact) mass is 745 g/mol. The lowest BCUT2D eigenvalue weighted by Gasteiger charge is -2.05. The van der Waals surface area contributed by atoms with E-state index in [-0.39, 0.29) is 5.97 Å². The summed E-state index contributed by atoms with van der Waals surface area (Å²) >= 11 is 0. The Morgan fingerprint density at radius 1 is 0.302 bits per heavy atom. The fourth-order valence-corrected chi connectivity index (χ4v) is 8.27. The highest BCUT2D eigenvalue weighted by Crippen LogP contribution is 2.18. The molecule has 0 fully saturated rings. The molecular weight excluding hydrogens is 645 g/mol. The normalized spacial score (nSPS) is 11.4. The van der Waals surface area contributed by atoms with E-state index >= 15 is 0 Å². The van der Waals surface area contributed by atoms with Gasteiger partial charge in [0.1, 0.15) is 0 Å². The second-order valence-corrected chi connectivity index (χ2v) is 17.3. The third-order valence-electron chi connectivity index (χ3n) is 11.9. The summed E-state index contributed by atoms with van der Waals surface area (Å²) in [6.07, 6.45) is 68.1. The van der Waals surface area contributed by atoms with Crippen LogP contribution in [0.5, 0.6) is 0 Å². The summed E-state index contributed by atoms with van der Waals surface area (Å²) in [5, 5.41) is 0. The minimum atomic E-state index is -0.141. The summed E-state index contributed by atoms with van der Waals surface area (Å²) in [6, 6.07) is 0. The fourth-order valence-electron chi connectivity index (χ4n) is 8.27. The van der Waals surface area contributed by atoms with Crippen LogP contribution in [-0.2, 0) is 9.53 Å². The van der Waals surface area contributed by atoms with E-state index in [4.69, 9.17) is 4.74 Å². The smallest absolute Gasteiger partial charge is 0.310 e. The van der Waals surface area contributed by atoms with Gasteiger partial charge in [0.2, 0.25) is 0 Å². The van der Waals surface area contributed by atoms with Crippen LogP contribution < -0.4 is 0 Å². The number of ether oxygens (including phenoxy) is 1. The quantitative estimate of drug-likeness (QED) is 0.0352. The van der Waals surface area contributed by atoms with E-state index in [0.717, 1.165) is 12.8 Å². The van der Waals surface area contributed by atoms with E-state index in [1.807, 2.05) is 0 Å². The predicted octanol–water partition coefficient (Wildman–Crippen LogP) is 19.0. The lowest BCUT2D eigenvalue weighted by Crippen LogP contribution is -1.98. The second-order valence-electron chi connectivity index (χ2n) is 17.3. The first-order valence-corrected chi connectivity index (χ1v) is 25.1. The molecule has 0 unspecified atom stereocenters. The number of unbranched alkanes of at least 4 members (excludes halogenated alkanes) is 45. The molecule has 0 saturated heterocycles. The van der Waals surface area contributed by atoms with Crippen LogP contribution in [0.4, 0.5) is 0 Å². The maximum Gasteiger partial charge on any atom is 0.310 e. The minimum Gasteiger partial charge on any atom is -0.435 e. The summed E-state index contributed by atoms with van der Waals surface area (Å²) in [4.78, 5) is 11.3. The molecule has 0 radical (unpaired) electrons. The van der Waals surface area contributed by atoms with Gasteiger partial charge in [-0.1, -0.05) is 302 Å². The maximum absolute atomic E-state index is 11.3. The molecule has 0 saturated carbocycles. The Kier molecular flexibility index (Phi) is 48.5. The van der Waals surface area contributed by atoms with Crippen molar-refractivity contribution in [3.8, 4) is 0 Å². The first-order chi connectivity index (χ1) is 26.3. The van der Waals surface area contributed by atoms with Gasteiger partial charge >= 0.3 is 5.97 Å². The maximum atomic E-state index is 11.3. The van der Waals surface area contributed by atoms with E-state index < -0.39 is 0 Å². The van der Waals surface area contributed by atoms with E-state index in [0.29, 0.717) is 6.42 Å². The SMILES string of the molecule is C=COC(=O)CCCCCCCCCCCCCCCCCCCCCCCCCCCCCCCCCCCCCCCCCCCCCCCC. The van der Waals surface area contributed by atoms with Crippen molar-refractivity contribution in [1.29, 1.82) is 0 Å². The van der Waals surface area contributed by atoms with Gasteiger partial charge in [0.25, 0.3) is 0 Å². The third-order valence-corrected chi connectivity index (χ3v) is 11.9. The Labute approximate surface area is 336 Å². The van der Waals surface area contributed by atoms with Crippen LogP contribution in [-0.4, -0.2) is 5.97 Å². The third kappa shape index (κ3) is 49.2. The van der Waals surface area contributed by atoms with Crippen molar-refractivity contribution >= 4 is 5.97 Å². The molecule has 2 nitrogen and oxygen atoms in total. The van der Waals surface area contributed by atoms with Crippen molar-refractivity contribution in [2.75, 3.05) is 0 Å². The van der Waals surface area contributed by atoms with Crippen LogP contribution in [0, 0.1) is 0 Å². The Morgan fingerprint density at radius 3 is 0.604 bits per heavy atom. The molecule has 0 aromatic heterocycles. The molecule has 0 amide bonds. The highest BCUT2D eigenvalue weighted by atomic mass is 16.5. The highest BCUT2D eigenvalue weighted by Gasteiger charge is 2.01. The second kappa shape index (κ2) is 49.2. The van der Waals surface area contributed by atoms with Crippen LogP contribution in [0.3, 0.4) is 0 Å². The molecule has 0 aliphatic heterocycles. The summed E-state index contributed by atoms with van der Waals surface area (Å²) < 4.78 is 4.75. The van der Waals surface area contributed by atoms with E-state index in [1.165, 1.54) is 289 Å². The average molecular weight is 745 g/mol. The number of esters is 1. The zero-order chi connectivity index (χ0) is 38.2. The average Bonchev–Trinajstić information content (AvgIpc) is 3.16. The number of rotatable bonds is 48. The summed E-state index contributed by atoms with van der Waals surface area (Å²) in [7, 11) is 0. The number of carbonyl (C=O) groups is 1. The van der Waals surface area contributed by atoms with Gasteiger partial charge in [-0.25, -0.2) is 0 Å². The lowest BCUT2D eigenvalue weighted by molar-refractivity contribution is -0.138. The molecule has 0 rings (SSSR count). The zero-order valence-electron chi connectivity index (χ0n) is 36.8. The Bertz CT molecular complexity index is 671. The summed E-state index contributed by atoms with van der Waals surface area (Å²) in [5.41, 5.74) is 0. The molecule has 2 heteroatoms. The highest BCUT2D eigenvalue weighted by molar-refractivity contribution is 5.69. The molecule has 53 heavy (non-hydrogen) atoms. The molecule has 0 aromatic carbocycles. The number of hydrogen-bond donors (Lipinski definition) is 0. The van der Waals surface area contributed by atoms with Crippen molar-refractivity contribution in [3.63, 3.8) is 0 Å². The van der Waals surface area contributed by atoms with Gasteiger partial charge in [0.05, 0.1) is 6.26 Å². The molecule has 0 aliphatic rings. The van der Waals surface area contributed by atoms with Crippen molar-refractivity contribution in [2.24, 2.45) is 0 Å². The van der Waals surface area contributed by atoms with Crippen LogP contribution in [0.15, 0.2) is 12.8 Å². The first kappa shape index (κ1) is 52.2. The topological polar surface area (TPSA) is 26.3 Å². The summed E-state index contributed by atoms with van der Waals surface area (Å²) in [5.74, 6) is -0.141. The van der Waals surface area contributed by atoms with E-state index in [1.54, 1.807) is 0 Å². The van der Waals surface area contributed by atoms with E-state index in [9.17, 15) is 4.79 Å². The molecule has 0 atom stereocenters. The zero-order valence-corrected chi connectivity index (χ0v) is 36.8. The van der Waals surface area contributed by atoms with Gasteiger partial charge in [0, 0.05) is 6.42 Å². The van der Waals surface area contributed by atoms with Gasteiger partial charge < -0.3 is 4.74 Å². The molecule has 0 N–H and O–H groups in total. The van der Waals surface area contributed by atoms with E-state index in [2.05, 4.69) is 13.5 Å². The van der Waals surface area contributed by atoms with Gasteiger partial charge in [-0.05, 0) is 6.42 Å². The Balaban J connectivity index is 3.06. The van der Waals surface area contributed by atoms with Crippen LogP contribution in [0.1, 0.15) is 309 Å². The lowest BCUT2D eigenvalue weighted by atomic mass is 10.0. The van der Waals surface area contributed by atoms with Gasteiger partial charge in [-0.2, -0.15) is 0 Å². The van der Waals surface area contributed by atoms with Crippen molar-refractivity contribution < 1.29 is 9.53 Å².